The minimum atomic E-state index is -1.73. The van der Waals surface area contributed by atoms with Crippen molar-refractivity contribution in [3.63, 3.8) is 0 Å². The van der Waals surface area contributed by atoms with Gasteiger partial charge in [-0.05, 0) is 85.5 Å². The van der Waals surface area contributed by atoms with Crippen molar-refractivity contribution in [3.05, 3.63) is 201 Å². The summed E-state index contributed by atoms with van der Waals surface area (Å²) in [6.45, 7) is 2.82. The molecule has 7 aromatic rings. The Morgan fingerprint density at radius 1 is 0.617 bits per heavy atom. The molecule has 1 unspecified atom stereocenters. The largest absolute Gasteiger partial charge is 0.392 e. The van der Waals surface area contributed by atoms with Crippen LogP contribution in [0.25, 0.3) is 33.0 Å². The van der Waals surface area contributed by atoms with Gasteiger partial charge in [0.05, 0.1) is 50.3 Å². The maximum absolute atomic E-state index is 12.9. The minimum Gasteiger partial charge on any atom is -0.392 e. The lowest BCUT2D eigenvalue weighted by molar-refractivity contribution is -0.292. The van der Waals surface area contributed by atoms with Crippen molar-refractivity contribution in [2.45, 2.75) is 77.0 Å². The first-order valence-corrected chi connectivity index (χ1v) is 21.2. The Kier molecular flexibility index (Phi) is 13.2. The third-order valence-electron chi connectivity index (χ3n) is 11.7. The van der Waals surface area contributed by atoms with Gasteiger partial charge in [-0.3, -0.25) is 0 Å². The number of hydrogen-bond donors (Lipinski definition) is 3. The fraction of sp³-hybridized carbons (Fsp3) is 0.245. The summed E-state index contributed by atoms with van der Waals surface area (Å²) in [5.41, 5.74) is 11.5. The number of benzene rings is 7. The van der Waals surface area contributed by atoms with Crippen LogP contribution in [0, 0.1) is 0 Å². The molecule has 7 heteroatoms. The van der Waals surface area contributed by atoms with E-state index < -0.39 is 18.0 Å². The maximum atomic E-state index is 12.9. The molecule has 60 heavy (non-hydrogen) atoms. The van der Waals surface area contributed by atoms with Gasteiger partial charge in [-0.1, -0.05) is 164 Å². The van der Waals surface area contributed by atoms with E-state index in [2.05, 4.69) is 37.3 Å². The van der Waals surface area contributed by atoms with Crippen molar-refractivity contribution in [2.75, 3.05) is 6.61 Å². The first-order valence-electron chi connectivity index (χ1n) is 20.8. The average Bonchev–Trinajstić information content (AvgIpc) is 3.29. The van der Waals surface area contributed by atoms with Gasteiger partial charge in [0, 0.05) is 23.8 Å². The fourth-order valence-corrected chi connectivity index (χ4v) is 8.88. The molecule has 1 aliphatic heterocycles. The lowest BCUT2D eigenvalue weighted by atomic mass is 9.87. The van der Waals surface area contributed by atoms with Crippen LogP contribution < -0.4 is 0 Å². The predicted octanol–water partition coefficient (Wildman–Crippen LogP) is 11.1. The Morgan fingerprint density at radius 3 is 1.70 bits per heavy atom. The van der Waals surface area contributed by atoms with Crippen LogP contribution in [0.5, 0.6) is 0 Å². The summed E-state index contributed by atoms with van der Waals surface area (Å²) in [6, 6.07) is 50.4. The van der Waals surface area contributed by atoms with Crippen molar-refractivity contribution < 1.29 is 29.5 Å². The SMILES string of the molecule is CCc1ccc(Cc2cc([C@@]3(O)C[C@@H](OCc4ccccc4-c4ccccc4CO)CC(COCc4ccccc4-c4ccccc4CO)O3)c3ccccc3c2Cl)cc1. The number of rotatable bonds is 15. The van der Waals surface area contributed by atoms with E-state index in [0.29, 0.717) is 36.6 Å². The highest BCUT2D eigenvalue weighted by Gasteiger charge is 2.44. The zero-order valence-corrected chi connectivity index (χ0v) is 34.7. The molecular weight excluding hydrogens is 768 g/mol. The van der Waals surface area contributed by atoms with Crippen LogP contribution in [0.3, 0.4) is 0 Å². The number of hydrogen-bond acceptors (Lipinski definition) is 6. The smallest absolute Gasteiger partial charge is 0.195 e. The summed E-state index contributed by atoms with van der Waals surface area (Å²) in [5.74, 6) is -1.73. The molecule has 306 valence electrons. The predicted molar refractivity (Wildman–Crippen MR) is 239 cm³/mol. The van der Waals surface area contributed by atoms with E-state index >= 15 is 0 Å². The van der Waals surface area contributed by atoms with Crippen LogP contribution in [-0.4, -0.2) is 34.1 Å². The molecule has 0 saturated carbocycles. The Morgan fingerprint density at radius 2 is 1.12 bits per heavy atom. The van der Waals surface area contributed by atoms with Crippen molar-refractivity contribution in [1.29, 1.82) is 0 Å². The Balaban J connectivity index is 1.11. The Labute approximate surface area is 357 Å². The second-order valence-electron chi connectivity index (χ2n) is 15.6. The third kappa shape index (κ3) is 9.12. The zero-order valence-electron chi connectivity index (χ0n) is 33.9. The summed E-state index contributed by atoms with van der Waals surface area (Å²) in [5, 5.41) is 35.5. The number of ether oxygens (including phenoxy) is 3. The van der Waals surface area contributed by atoms with Gasteiger partial charge in [-0.15, -0.1) is 0 Å². The van der Waals surface area contributed by atoms with E-state index in [1.807, 2.05) is 121 Å². The highest BCUT2D eigenvalue weighted by atomic mass is 35.5. The molecule has 6 nitrogen and oxygen atoms in total. The number of aliphatic hydroxyl groups excluding tert-OH is 2. The van der Waals surface area contributed by atoms with E-state index in [-0.39, 0.29) is 26.2 Å². The summed E-state index contributed by atoms with van der Waals surface area (Å²) in [7, 11) is 0. The molecule has 0 bridgehead atoms. The molecular formula is C53H51ClO6. The van der Waals surface area contributed by atoms with E-state index in [0.717, 1.165) is 72.8 Å². The highest BCUT2D eigenvalue weighted by molar-refractivity contribution is 6.36. The summed E-state index contributed by atoms with van der Waals surface area (Å²) >= 11 is 7.17. The standard InChI is InChI=1S/C53H51ClO6/c1-2-36-23-25-37(26-24-36)27-42-28-51(49-21-11-12-22-50(49)52(42)54)53(57)30-43(59-34-41-16-6-10-20-48(41)46-18-8-4-14-39(46)32-56)29-44(60-53)35-58-33-40-15-5-9-19-47(40)45-17-7-3-13-38(45)31-55/h3-26,28,43-44,55-57H,2,27,29-35H2,1H3/t43-,44?,53+/m0/s1. The number of aryl methyl sites for hydroxylation is 1. The van der Waals surface area contributed by atoms with Crippen LogP contribution in [0.4, 0.5) is 0 Å². The summed E-state index contributed by atoms with van der Waals surface area (Å²) in [4.78, 5) is 0. The minimum absolute atomic E-state index is 0.0636. The molecule has 8 rings (SSSR count). The Bertz CT molecular complexity index is 2550. The lowest BCUT2D eigenvalue weighted by Gasteiger charge is -2.42. The first kappa shape index (κ1) is 41.6. The van der Waals surface area contributed by atoms with E-state index in [4.69, 9.17) is 25.8 Å². The van der Waals surface area contributed by atoms with Crippen molar-refractivity contribution in [1.82, 2.24) is 0 Å². The van der Waals surface area contributed by atoms with Crippen LogP contribution >= 0.6 is 11.6 Å². The van der Waals surface area contributed by atoms with Gasteiger partial charge in [-0.2, -0.15) is 0 Å². The van der Waals surface area contributed by atoms with Crippen LogP contribution in [-0.2, 0) is 59.3 Å². The topological polar surface area (TPSA) is 88.4 Å². The van der Waals surface area contributed by atoms with Gasteiger partial charge in [0.2, 0.25) is 0 Å². The second kappa shape index (κ2) is 19.1. The second-order valence-corrected chi connectivity index (χ2v) is 16.0. The van der Waals surface area contributed by atoms with Crippen molar-refractivity contribution in [3.8, 4) is 22.3 Å². The van der Waals surface area contributed by atoms with E-state index in [9.17, 15) is 15.3 Å². The van der Waals surface area contributed by atoms with Gasteiger partial charge < -0.3 is 29.5 Å². The van der Waals surface area contributed by atoms with Crippen LogP contribution in [0.1, 0.15) is 64.3 Å². The number of halogens is 1. The van der Waals surface area contributed by atoms with E-state index in [1.54, 1.807) is 0 Å². The summed E-state index contributed by atoms with van der Waals surface area (Å²) < 4.78 is 20.0. The van der Waals surface area contributed by atoms with Gasteiger partial charge in [-0.25, -0.2) is 0 Å². The number of aliphatic hydroxyl groups is 3. The third-order valence-corrected chi connectivity index (χ3v) is 12.2. The first-order chi connectivity index (χ1) is 29.4. The van der Waals surface area contributed by atoms with Gasteiger partial charge in [0.25, 0.3) is 0 Å². The van der Waals surface area contributed by atoms with Crippen LogP contribution in [0.2, 0.25) is 5.02 Å². The van der Waals surface area contributed by atoms with E-state index in [1.165, 1.54) is 5.56 Å². The van der Waals surface area contributed by atoms with Crippen molar-refractivity contribution in [2.24, 2.45) is 0 Å². The molecule has 0 radical (unpaired) electrons. The highest BCUT2D eigenvalue weighted by Crippen LogP contribution is 2.44. The Hall–Kier alpha value is -5.15. The zero-order chi connectivity index (χ0) is 41.5. The molecule has 1 aliphatic rings. The molecule has 3 N–H and O–H groups in total. The summed E-state index contributed by atoms with van der Waals surface area (Å²) in [6.07, 6.45) is 1.32. The number of fused-ring (bicyclic) bond motifs is 1. The van der Waals surface area contributed by atoms with Gasteiger partial charge in [0.1, 0.15) is 0 Å². The molecule has 0 aliphatic carbocycles. The molecule has 3 atom stereocenters. The van der Waals surface area contributed by atoms with Crippen molar-refractivity contribution >= 4 is 22.4 Å². The molecule has 7 aromatic carbocycles. The molecule has 1 heterocycles. The van der Waals surface area contributed by atoms with Crippen LogP contribution in [0.15, 0.2) is 152 Å². The fourth-order valence-electron chi connectivity index (χ4n) is 8.59. The normalized spacial score (nSPS) is 17.9. The average molecular weight is 819 g/mol. The monoisotopic (exact) mass is 818 g/mol. The molecule has 1 fully saturated rings. The molecule has 0 aromatic heterocycles. The van der Waals surface area contributed by atoms with Gasteiger partial charge in [0.15, 0.2) is 5.79 Å². The molecule has 0 spiro atoms. The van der Waals surface area contributed by atoms with Gasteiger partial charge >= 0.3 is 0 Å². The molecule has 0 amide bonds. The lowest BCUT2D eigenvalue weighted by Crippen LogP contribution is -2.46. The maximum Gasteiger partial charge on any atom is 0.195 e. The molecule has 1 saturated heterocycles. The quantitative estimate of drug-likeness (QED) is 0.0955.